The minimum atomic E-state index is -5.21. The maximum atomic E-state index is 15.0. The summed E-state index contributed by atoms with van der Waals surface area (Å²) in [5, 5.41) is 2.00. The molecule has 3 N–H and O–H groups in total. The van der Waals surface area contributed by atoms with Crippen LogP contribution in [0.15, 0.2) is 42.6 Å². The van der Waals surface area contributed by atoms with E-state index < -0.39 is 75.9 Å². The van der Waals surface area contributed by atoms with Gasteiger partial charge in [0.25, 0.3) is 11.8 Å². The zero-order valence-electron chi connectivity index (χ0n) is 18.2. The summed E-state index contributed by atoms with van der Waals surface area (Å²) in [6.07, 6.45) is -9.25. The van der Waals surface area contributed by atoms with Gasteiger partial charge in [0.1, 0.15) is 22.9 Å². The summed E-state index contributed by atoms with van der Waals surface area (Å²) in [4.78, 5) is 31.2. The zero-order valence-corrected chi connectivity index (χ0v) is 18.2. The molecule has 2 amide bonds. The Morgan fingerprint density at radius 3 is 2.24 bits per heavy atom. The number of nitrogens with two attached hydrogens (primary N) is 1. The van der Waals surface area contributed by atoms with E-state index in [9.17, 15) is 40.3 Å². The molecule has 0 radical (unpaired) electrons. The summed E-state index contributed by atoms with van der Waals surface area (Å²) in [6.45, 7) is 0. The molecule has 1 aromatic heterocycles. The summed E-state index contributed by atoms with van der Waals surface area (Å²) < 4.78 is 106. The van der Waals surface area contributed by atoms with Crippen molar-refractivity contribution in [3.8, 4) is 23.0 Å². The SMILES string of the molecule is COc1cc(OC(F)(F)F)ccc1Oc1ccc(C(F)(F)F)c(F)c1C(=O)Nc1ccnc(C(N)=O)n1. The molecule has 37 heavy (non-hydrogen) atoms. The second-order valence-electron chi connectivity index (χ2n) is 6.84. The number of benzene rings is 2. The Morgan fingerprint density at radius 2 is 1.65 bits per heavy atom. The van der Waals surface area contributed by atoms with Crippen molar-refractivity contribution in [1.82, 2.24) is 9.97 Å². The van der Waals surface area contributed by atoms with Gasteiger partial charge in [-0.15, -0.1) is 13.2 Å². The highest BCUT2D eigenvalue weighted by molar-refractivity contribution is 6.06. The van der Waals surface area contributed by atoms with Crippen molar-refractivity contribution in [2.45, 2.75) is 12.5 Å². The van der Waals surface area contributed by atoms with Crippen LogP contribution in [-0.4, -0.2) is 35.3 Å². The summed E-state index contributed by atoms with van der Waals surface area (Å²) in [5.74, 6) is -7.84. The maximum absolute atomic E-state index is 15.0. The number of hydrogen-bond acceptors (Lipinski definition) is 7. The van der Waals surface area contributed by atoms with Crippen LogP contribution in [0.3, 0.4) is 0 Å². The molecule has 0 aliphatic rings. The van der Waals surface area contributed by atoms with Crippen molar-refractivity contribution >= 4 is 17.6 Å². The largest absolute Gasteiger partial charge is 0.573 e. The van der Waals surface area contributed by atoms with Gasteiger partial charge in [0.05, 0.1) is 12.7 Å². The summed E-state index contributed by atoms with van der Waals surface area (Å²) >= 11 is 0. The molecule has 0 aliphatic heterocycles. The fourth-order valence-corrected chi connectivity index (χ4v) is 2.85. The fourth-order valence-electron chi connectivity index (χ4n) is 2.85. The number of hydrogen-bond donors (Lipinski definition) is 2. The van der Waals surface area contributed by atoms with Gasteiger partial charge in [-0.3, -0.25) is 9.59 Å². The van der Waals surface area contributed by atoms with Crippen molar-refractivity contribution in [3.05, 3.63) is 65.4 Å². The number of alkyl halides is 6. The molecule has 0 unspecified atom stereocenters. The average molecular weight is 534 g/mol. The van der Waals surface area contributed by atoms with Crippen LogP contribution >= 0.6 is 0 Å². The normalized spacial score (nSPS) is 11.6. The molecule has 0 fully saturated rings. The molecule has 1 heterocycles. The Balaban J connectivity index is 2.05. The topological polar surface area (TPSA) is 126 Å². The van der Waals surface area contributed by atoms with Crippen molar-refractivity contribution in [1.29, 1.82) is 0 Å². The van der Waals surface area contributed by atoms with Crippen LogP contribution in [0.5, 0.6) is 23.0 Å². The number of ether oxygens (including phenoxy) is 3. The predicted molar refractivity (Wildman–Crippen MR) is 110 cm³/mol. The van der Waals surface area contributed by atoms with Crippen LogP contribution in [-0.2, 0) is 6.18 Å². The summed E-state index contributed by atoms with van der Waals surface area (Å²) in [7, 11) is 1.03. The van der Waals surface area contributed by atoms with E-state index in [1.807, 2.05) is 5.32 Å². The van der Waals surface area contributed by atoms with Gasteiger partial charge in [-0.05, 0) is 30.3 Å². The number of rotatable bonds is 7. The Bertz CT molecular complexity index is 1350. The van der Waals surface area contributed by atoms with Gasteiger partial charge in [-0.2, -0.15) is 13.2 Å². The van der Waals surface area contributed by atoms with E-state index in [2.05, 4.69) is 14.7 Å². The predicted octanol–water partition coefficient (Wildman–Crippen LogP) is 4.69. The summed E-state index contributed by atoms with van der Waals surface area (Å²) in [5.41, 5.74) is 1.98. The molecule has 0 saturated heterocycles. The number of primary amides is 1. The molecule has 16 heteroatoms. The Hall–Kier alpha value is -4.63. The molecule has 0 spiro atoms. The zero-order chi connectivity index (χ0) is 27.5. The molecule has 3 aromatic rings. The molecule has 3 rings (SSSR count). The van der Waals surface area contributed by atoms with Gasteiger partial charge in [-0.1, -0.05) is 0 Å². The van der Waals surface area contributed by atoms with E-state index >= 15 is 0 Å². The van der Waals surface area contributed by atoms with Crippen molar-refractivity contribution in [2.75, 3.05) is 12.4 Å². The monoisotopic (exact) mass is 534 g/mol. The van der Waals surface area contributed by atoms with Gasteiger partial charge in [0.15, 0.2) is 17.3 Å². The van der Waals surface area contributed by atoms with Gasteiger partial charge in [0.2, 0.25) is 5.82 Å². The number of nitrogens with zero attached hydrogens (tertiary/aromatic N) is 2. The van der Waals surface area contributed by atoms with Crippen molar-refractivity contribution < 1.29 is 54.5 Å². The average Bonchev–Trinajstić information content (AvgIpc) is 2.78. The number of amides is 2. The number of methoxy groups -OCH3 is 1. The molecule has 0 bridgehead atoms. The first-order valence-corrected chi connectivity index (χ1v) is 9.65. The van der Waals surface area contributed by atoms with E-state index in [0.29, 0.717) is 12.1 Å². The lowest BCUT2D eigenvalue weighted by atomic mass is 10.1. The molecule has 0 atom stereocenters. The Morgan fingerprint density at radius 1 is 0.973 bits per heavy atom. The Labute approximate surface area is 202 Å². The van der Waals surface area contributed by atoms with Gasteiger partial charge in [-0.25, -0.2) is 14.4 Å². The van der Waals surface area contributed by atoms with Crippen molar-refractivity contribution in [3.63, 3.8) is 0 Å². The third kappa shape index (κ3) is 6.53. The Kier molecular flexibility index (Phi) is 7.40. The maximum Gasteiger partial charge on any atom is 0.573 e. The first-order chi connectivity index (χ1) is 17.2. The molecule has 2 aromatic carbocycles. The number of carbonyl (C=O) groups excluding carboxylic acids is 2. The van der Waals surface area contributed by atoms with Crippen LogP contribution in [0.4, 0.5) is 36.6 Å². The second-order valence-corrected chi connectivity index (χ2v) is 6.84. The number of nitrogens with one attached hydrogen (secondary N) is 1. The lowest BCUT2D eigenvalue weighted by Gasteiger charge is -2.17. The van der Waals surface area contributed by atoms with E-state index in [-0.39, 0.29) is 0 Å². The van der Waals surface area contributed by atoms with Crippen LogP contribution in [0.2, 0.25) is 0 Å². The molecule has 9 nitrogen and oxygen atoms in total. The quantitative estimate of drug-likeness (QED) is 0.422. The third-order valence-corrected chi connectivity index (χ3v) is 4.34. The molecule has 196 valence electrons. The molecular formula is C21H13F7N4O5. The van der Waals surface area contributed by atoms with Gasteiger partial charge in [0, 0.05) is 12.3 Å². The van der Waals surface area contributed by atoms with Gasteiger partial charge < -0.3 is 25.3 Å². The van der Waals surface area contributed by atoms with Crippen LogP contribution in [0, 0.1) is 5.82 Å². The van der Waals surface area contributed by atoms with Crippen LogP contribution in [0.25, 0.3) is 0 Å². The highest BCUT2D eigenvalue weighted by atomic mass is 19.4. The third-order valence-electron chi connectivity index (χ3n) is 4.34. The van der Waals surface area contributed by atoms with Gasteiger partial charge >= 0.3 is 12.5 Å². The number of aromatic nitrogens is 2. The lowest BCUT2D eigenvalue weighted by molar-refractivity contribution is -0.274. The highest BCUT2D eigenvalue weighted by Crippen LogP contribution is 2.40. The van der Waals surface area contributed by atoms with Crippen molar-refractivity contribution in [2.24, 2.45) is 5.73 Å². The van der Waals surface area contributed by atoms with Crippen LogP contribution < -0.4 is 25.3 Å². The second kappa shape index (κ2) is 10.2. The molecule has 0 saturated carbocycles. The smallest absolute Gasteiger partial charge is 0.493 e. The first kappa shape index (κ1) is 27.0. The van der Waals surface area contributed by atoms with E-state index in [1.54, 1.807) is 0 Å². The minimum Gasteiger partial charge on any atom is -0.493 e. The highest BCUT2D eigenvalue weighted by Gasteiger charge is 2.38. The lowest BCUT2D eigenvalue weighted by Crippen LogP contribution is -2.21. The standard InChI is InChI=1S/C21H13F7N4O5/c1-35-13-8-9(37-21(26,27)28)2-4-11(13)36-12-5-3-10(20(23,24)25)16(22)15(12)19(34)32-14-6-7-30-18(31-14)17(29)33/h2-8H,1H3,(H2,29,33)(H,30,31,32,34). The number of anilines is 1. The molecule has 0 aliphatic carbocycles. The van der Waals surface area contributed by atoms with E-state index in [0.717, 1.165) is 37.6 Å². The number of halogens is 7. The van der Waals surface area contributed by atoms with Crippen LogP contribution in [0.1, 0.15) is 26.5 Å². The van der Waals surface area contributed by atoms with E-state index in [4.69, 9.17) is 15.2 Å². The molecular weight excluding hydrogens is 521 g/mol. The summed E-state index contributed by atoms with van der Waals surface area (Å²) in [6, 6.07) is 4.38. The first-order valence-electron chi connectivity index (χ1n) is 9.65. The fraction of sp³-hybridized carbons (Fsp3) is 0.143. The van der Waals surface area contributed by atoms with E-state index in [1.165, 1.54) is 0 Å². The minimum absolute atomic E-state index is 0.297. The number of carbonyl (C=O) groups is 2.